The van der Waals surface area contributed by atoms with Gasteiger partial charge in [-0.1, -0.05) is 12.1 Å². The maximum Gasteiger partial charge on any atom is 0.224 e. The lowest BCUT2D eigenvalue weighted by Crippen LogP contribution is -2.38. The van der Waals surface area contributed by atoms with Gasteiger partial charge in [0, 0.05) is 24.0 Å². The SMILES string of the molecule is Cc1ccc(CC(=O)NC2CCC(n3cc(-c4ccncn4)cn3)CC2)cc1F. The van der Waals surface area contributed by atoms with E-state index in [0.717, 1.165) is 36.9 Å². The first-order valence-electron chi connectivity index (χ1n) is 9.93. The minimum Gasteiger partial charge on any atom is -0.353 e. The molecule has 0 unspecified atom stereocenters. The van der Waals surface area contributed by atoms with E-state index in [1.165, 1.54) is 12.4 Å². The smallest absolute Gasteiger partial charge is 0.224 e. The summed E-state index contributed by atoms with van der Waals surface area (Å²) in [4.78, 5) is 20.5. The van der Waals surface area contributed by atoms with Crippen molar-refractivity contribution in [1.29, 1.82) is 0 Å². The highest BCUT2D eigenvalue weighted by atomic mass is 19.1. The predicted molar refractivity (Wildman–Crippen MR) is 108 cm³/mol. The number of benzene rings is 1. The Morgan fingerprint density at radius 2 is 2.07 bits per heavy atom. The Kier molecular flexibility index (Phi) is 5.64. The van der Waals surface area contributed by atoms with Crippen LogP contribution in [0.1, 0.15) is 42.9 Å². The van der Waals surface area contributed by atoms with Crippen molar-refractivity contribution in [3.05, 3.63) is 66.1 Å². The van der Waals surface area contributed by atoms with Crippen molar-refractivity contribution in [2.24, 2.45) is 0 Å². The van der Waals surface area contributed by atoms with Crippen LogP contribution in [0.2, 0.25) is 0 Å². The first-order chi connectivity index (χ1) is 14.1. The van der Waals surface area contributed by atoms with E-state index in [9.17, 15) is 9.18 Å². The van der Waals surface area contributed by atoms with Crippen molar-refractivity contribution in [3.8, 4) is 11.3 Å². The number of carbonyl (C=O) groups excluding carboxylic acids is 1. The number of aryl methyl sites for hydroxylation is 1. The lowest BCUT2D eigenvalue weighted by molar-refractivity contribution is -0.121. The summed E-state index contributed by atoms with van der Waals surface area (Å²) in [5.74, 6) is -0.321. The van der Waals surface area contributed by atoms with Crippen molar-refractivity contribution in [2.45, 2.75) is 51.1 Å². The summed E-state index contributed by atoms with van der Waals surface area (Å²) in [5, 5.41) is 7.60. The molecule has 4 rings (SSSR count). The van der Waals surface area contributed by atoms with Gasteiger partial charge in [0.15, 0.2) is 0 Å². The van der Waals surface area contributed by atoms with Crippen molar-refractivity contribution < 1.29 is 9.18 Å². The summed E-state index contributed by atoms with van der Waals surface area (Å²) >= 11 is 0. The first-order valence-corrected chi connectivity index (χ1v) is 9.93. The number of carbonyl (C=O) groups is 1. The molecule has 1 amide bonds. The minimum absolute atomic E-state index is 0.0539. The number of nitrogens with zero attached hydrogens (tertiary/aromatic N) is 4. The molecule has 1 fully saturated rings. The molecule has 1 aliphatic rings. The van der Waals surface area contributed by atoms with Crippen LogP contribution in [-0.2, 0) is 11.2 Å². The number of halogens is 1. The molecule has 2 heterocycles. The van der Waals surface area contributed by atoms with Gasteiger partial charge in [-0.25, -0.2) is 14.4 Å². The largest absolute Gasteiger partial charge is 0.353 e. The highest BCUT2D eigenvalue weighted by Crippen LogP contribution is 2.29. The molecule has 7 heteroatoms. The fourth-order valence-electron chi connectivity index (χ4n) is 3.83. The average Bonchev–Trinajstić information content (AvgIpc) is 3.22. The highest BCUT2D eigenvalue weighted by Gasteiger charge is 2.24. The van der Waals surface area contributed by atoms with Crippen LogP contribution in [0.5, 0.6) is 0 Å². The van der Waals surface area contributed by atoms with Crippen molar-refractivity contribution >= 4 is 5.91 Å². The molecule has 150 valence electrons. The Balaban J connectivity index is 1.29. The molecule has 2 aromatic heterocycles. The van der Waals surface area contributed by atoms with Gasteiger partial charge in [0.25, 0.3) is 0 Å². The predicted octanol–water partition coefficient (Wildman–Crippen LogP) is 3.63. The molecule has 1 saturated carbocycles. The second-order valence-electron chi connectivity index (χ2n) is 7.64. The zero-order valence-corrected chi connectivity index (χ0v) is 16.4. The molecular weight excluding hydrogens is 369 g/mol. The molecule has 0 saturated heterocycles. The first kappa shape index (κ1) is 19.2. The van der Waals surface area contributed by atoms with Gasteiger partial charge in [0.05, 0.1) is 24.4 Å². The Bertz CT molecular complexity index is 980. The highest BCUT2D eigenvalue weighted by molar-refractivity contribution is 5.78. The summed E-state index contributed by atoms with van der Waals surface area (Å²) < 4.78 is 15.7. The van der Waals surface area contributed by atoms with E-state index in [2.05, 4.69) is 20.4 Å². The molecule has 0 aliphatic heterocycles. The Labute approximate surface area is 169 Å². The van der Waals surface area contributed by atoms with E-state index in [-0.39, 0.29) is 24.2 Å². The standard InChI is InChI=1S/C22H24FN5O/c1-15-2-3-16(10-20(15)23)11-22(29)27-18-4-6-19(7-5-18)28-13-17(12-26-28)21-8-9-24-14-25-21/h2-3,8-10,12-14,18-19H,4-7,11H2,1H3,(H,27,29). The molecule has 1 aliphatic carbocycles. The summed E-state index contributed by atoms with van der Waals surface area (Å²) in [6.45, 7) is 1.72. The Hall–Kier alpha value is -3.09. The normalized spacial score (nSPS) is 19.1. The van der Waals surface area contributed by atoms with E-state index in [4.69, 9.17) is 0 Å². The number of nitrogens with one attached hydrogen (secondary N) is 1. The third kappa shape index (κ3) is 4.67. The van der Waals surface area contributed by atoms with Gasteiger partial charge in [-0.2, -0.15) is 5.10 Å². The van der Waals surface area contributed by atoms with Crippen LogP contribution in [-0.4, -0.2) is 31.7 Å². The lowest BCUT2D eigenvalue weighted by atomic mass is 9.91. The minimum atomic E-state index is -0.267. The van der Waals surface area contributed by atoms with E-state index < -0.39 is 0 Å². The molecule has 1 aromatic carbocycles. The van der Waals surface area contributed by atoms with Crippen LogP contribution in [0.15, 0.2) is 49.2 Å². The van der Waals surface area contributed by atoms with Crippen LogP contribution in [0, 0.1) is 12.7 Å². The zero-order chi connectivity index (χ0) is 20.2. The van der Waals surface area contributed by atoms with Crippen LogP contribution >= 0.6 is 0 Å². The Morgan fingerprint density at radius 3 is 2.79 bits per heavy atom. The van der Waals surface area contributed by atoms with Gasteiger partial charge in [0.2, 0.25) is 5.91 Å². The fraction of sp³-hybridized carbons (Fsp3) is 0.364. The molecule has 1 N–H and O–H groups in total. The number of hydrogen-bond donors (Lipinski definition) is 1. The van der Waals surface area contributed by atoms with Crippen molar-refractivity contribution in [2.75, 3.05) is 0 Å². The third-order valence-electron chi connectivity index (χ3n) is 5.52. The third-order valence-corrected chi connectivity index (χ3v) is 5.52. The molecule has 29 heavy (non-hydrogen) atoms. The van der Waals surface area contributed by atoms with Crippen LogP contribution < -0.4 is 5.32 Å². The number of rotatable bonds is 5. The summed E-state index contributed by atoms with van der Waals surface area (Å²) in [7, 11) is 0. The number of hydrogen-bond acceptors (Lipinski definition) is 4. The quantitative estimate of drug-likeness (QED) is 0.718. The van der Waals surface area contributed by atoms with E-state index in [1.54, 1.807) is 19.2 Å². The van der Waals surface area contributed by atoms with E-state index in [0.29, 0.717) is 17.2 Å². The van der Waals surface area contributed by atoms with Gasteiger partial charge in [-0.15, -0.1) is 0 Å². The average molecular weight is 393 g/mol. The second-order valence-corrected chi connectivity index (χ2v) is 7.64. The van der Waals surface area contributed by atoms with Crippen LogP contribution in [0.4, 0.5) is 4.39 Å². The van der Waals surface area contributed by atoms with Gasteiger partial charge in [-0.3, -0.25) is 9.48 Å². The number of amides is 1. The second kappa shape index (κ2) is 8.51. The van der Waals surface area contributed by atoms with Gasteiger partial charge >= 0.3 is 0 Å². The van der Waals surface area contributed by atoms with E-state index >= 15 is 0 Å². The Morgan fingerprint density at radius 1 is 1.24 bits per heavy atom. The van der Waals surface area contributed by atoms with Crippen LogP contribution in [0.3, 0.4) is 0 Å². The van der Waals surface area contributed by atoms with Crippen LogP contribution in [0.25, 0.3) is 11.3 Å². The maximum absolute atomic E-state index is 13.7. The van der Waals surface area contributed by atoms with Crippen molar-refractivity contribution in [1.82, 2.24) is 25.1 Å². The summed E-state index contributed by atoms with van der Waals surface area (Å²) in [6.07, 6.45) is 11.0. The van der Waals surface area contributed by atoms with Gasteiger partial charge in [-0.05, 0) is 55.9 Å². The lowest BCUT2D eigenvalue weighted by Gasteiger charge is -2.29. The van der Waals surface area contributed by atoms with E-state index in [1.807, 2.05) is 29.2 Å². The van der Waals surface area contributed by atoms with Gasteiger partial charge < -0.3 is 5.32 Å². The molecule has 0 radical (unpaired) electrons. The van der Waals surface area contributed by atoms with Crippen molar-refractivity contribution in [3.63, 3.8) is 0 Å². The maximum atomic E-state index is 13.7. The summed E-state index contributed by atoms with van der Waals surface area (Å²) in [5.41, 5.74) is 3.13. The topological polar surface area (TPSA) is 72.7 Å². The molecule has 3 aromatic rings. The molecular formula is C22H24FN5O. The van der Waals surface area contributed by atoms with Gasteiger partial charge in [0.1, 0.15) is 12.1 Å². The monoisotopic (exact) mass is 393 g/mol. The molecule has 0 spiro atoms. The zero-order valence-electron chi connectivity index (χ0n) is 16.4. The molecule has 0 atom stereocenters. The number of aromatic nitrogens is 4. The fourth-order valence-corrected chi connectivity index (χ4v) is 3.83. The molecule has 6 nitrogen and oxygen atoms in total. The molecule has 0 bridgehead atoms. The summed E-state index contributed by atoms with van der Waals surface area (Å²) in [6, 6.07) is 7.31.